The van der Waals surface area contributed by atoms with Crippen molar-refractivity contribution < 1.29 is 18.8 Å². The molecule has 33 heavy (non-hydrogen) atoms. The fraction of sp³-hybridized carbons (Fsp3) is 0.174. The molecule has 2 aromatic carbocycles. The number of ether oxygens (including phenoxy) is 2. The Bertz CT molecular complexity index is 1350. The minimum absolute atomic E-state index is 0.247. The van der Waals surface area contributed by atoms with Gasteiger partial charge in [0.15, 0.2) is 17.1 Å². The van der Waals surface area contributed by atoms with E-state index in [2.05, 4.69) is 15.6 Å². The highest BCUT2D eigenvalue weighted by molar-refractivity contribution is 7.98. The molecule has 2 heterocycles. The van der Waals surface area contributed by atoms with Gasteiger partial charge in [0, 0.05) is 40.2 Å². The number of hydrogen-bond acceptors (Lipinski definition) is 7. The summed E-state index contributed by atoms with van der Waals surface area (Å²) in [7, 11) is 3.09. The van der Waals surface area contributed by atoms with Crippen molar-refractivity contribution in [1.82, 2.24) is 9.56 Å². The summed E-state index contributed by atoms with van der Waals surface area (Å²) in [6, 6.07) is 15.3. The third-order valence-electron chi connectivity index (χ3n) is 4.66. The van der Waals surface area contributed by atoms with Gasteiger partial charge in [-0.05, 0) is 43.3 Å². The fourth-order valence-electron chi connectivity index (χ4n) is 3.15. The van der Waals surface area contributed by atoms with Gasteiger partial charge in [-0.15, -0.1) is 16.3 Å². The van der Waals surface area contributed by atoms with E-state index < -0.39 is 0 Å². The molecule has 0 fully saturated rings. The maximum Gasteiger partial charge on any atom is 0.323 e. The SMILES string of the molecule is COc1ccc(NC(=O)Nc2ccc(SCc3cc(=O)n4oc(C)cc4n3)cc2)cc1OC. The fourth-order valence-corrected chi connectivity index (χ4v) is 3.94. The second-order valence-corrected chi connectivity index (χ2v) is 8.10. The summed E-state index contributed by atoms with van der Waals surface area (Å²) in [5, 5.41) is 5.55. The van der Waals surface area contributed by atoms with Gasteiger partial charge in [-0.3, -0.25) is 4.79 Å². The highest BCUT2D eigenvalue weighted by Gasteiger charge is 2.09. The number of amides is 2. The van der Waals surface area contributed by atoms with Gasteiger partial charge >= 0.3 is 6.03 Å². The van der Waals surface area contributed by atoms with Crippen molar-refractivity contribution in [1.29, 1.82) is 0 Å². The summed E-state index contributed by atoms with van der Waals surface area (Å²) in [6.45, 7) is 1.77. The molecule has 0 saturated carbocycles. The van der Waals surface area contributed by atoms with Gasteiger partial charge in [-0.1, -0.05) is 0 Å². The van der Waals surface area contributed by atoms with Crippen molar-refractivity contribution in [3.05, 3.63) is 76.4 Å². The number of aromatic nitrogens is 2. The second kappa shape index (κ2) is 9.70. The number of urea groups is 1. The number of aryl methyl sites for hydroxylation is 1. The third-order valence-corrected chi connectivity index (χ3v) is 5.71. The van der Waals surface area contributed by atoms with Gasteiger partial charge in [-0.25, -0.2) is 9.78 Å². The molecular formula is C23H22N4O5S. The molecule has 9 nitrogen and oxygen atoms in total. The zero-order valence-electron chi connectivity index (χ0n) is 18.2. The van der Waals surface area contributed by atoms with E-state index in [1.165, 1.54) is 17.7 Å². The average molecular weight is 467 g/mol. The van der Waals surface area contributed by atoms with Crippen LogP contribution in [-0.2, 0) is 5.75 Å². The third kappa shape index (κ3) is 5.29. The van der Waals surface area contributed by atoms with Crippen LogP contribution in [0.2, 0.25) is 0 Å². The monoisotopic (exact) mass is 466 g/mol. The minimum Gasteiger partial charge on any atom is -0.493 e. The van der Waals surface area contributed by atoms with Crippen molar-refractivity contribution in [2.24, 2.45) is 0 Å². The number of carbonyl (C=O) groups is 1. The van der Waals surface area contributed by atoms with E-state index in [9.17, 15) is 9.59 Å². The Morgan fingerprint density at radius 2 is 1.70 bits per heavy atom. The van der Waals surface area contributed by atoms with E-state index in [-0.39, 0.29) is 11.6 Å². The van der Waals surface area contributed by atoms with Crippen LogP contribution >= 0.6 is 11.8 Å². The van der Waals surface area contributed by atoms with Crippen LogP contribution in [0.4, 0.5) is 16.2 Å². The highest BCUT2D eigenvalue weighted by Crippen LogP contribution is 2.30. The van der Waals surface area contributed by atoms with E-state index in [1.54, 1.807) is 50.1 Å². The molecule has 0 aliphatic heterocycles. The molecule has 2 aromatic heterocycles. The van der Waals surface area contributed by atoms with E-state index in [1.807, 2.05) is 24.3 Å². The Hall–Kier alpha value is -3.92. The molecule has 0 bridgehead atoms. The second-order valence-electron chi connectivity index (χ2n) is 7.05. The minimum atomic E-state index is -0.379. The first-order valence-electron chi connectivity index (χ1n) is 9.97. The Balaban J connectivity index is 1.34. The van der Waals surface area contributed by atoms with Gasteiger partial charge in [0.2, 0.25) is 0 Å². The van der Waals surface area contributed by atoms with Gasteiger partial charge < -0.3 is 24.6 Å². The van der Waals surface area contributed by atoms with Crippen LogP contribution < -0.4 is 25.7 Å². The van der Waals surface area contributed by atoms with Crippen LogP contribution in [0.15, 0.2) is 68.8 Å². The molecule has 0 atom stereocenters. The number of thioether (sulfide) groups is 1. The average Bonchev–Trinajstić information content (AvgIpc) is 3.19. The Morgan fingerprint density at radius 1 is 1.00 bits per heavy atom. The topological polar surface area (TPSA) is 107 Å². The van der Waals surface area contributed by atoms with E-state index in [0.29, 0.717) is 45.7 Å². The zero-order valence-corrected chi connectivity index (χ0v) is 19.1. The van der Waals surface area contributed by atoms with Gasteiger partial charge in [0.1, 0.15) is 5.76 Å². The molecule has 170 valence electrons. The number of anilines is 2. The molecule has 4 aromatic rings. The summed E-state index contributed by atoms with van der Waals surface area (Å²) >= 11 is 1.54. The standard InChI is InChI=1S/C23H22N4O5S/c1-14-10-21-24-17(12-22(28)27(21)32-14)13-33-18-7-4-15(5-8-18)25-23(29)26-16-6-9-19(30-2)20(11-16)31-3/h4-12H,13H2,1-3H3,(H2,25,26,29). The molecule has 10 heteroatoms. The lowest BCUT2D eigenvalue weighted by Crippen LogP contribution is -2.19. The number of methoxy groups -OCH3 is 2. The maximum absolute atomic E-state index is 12.3. The predicted octanol–water partition coefficient (Wildman–Crippen LogP) is 4.55. The largest absolute Gasteiger partial charge is 0.493 e. The number of carbonyl (C=O) groups excluding carboxylic acids is 1. The van der Waals surface area contributed by atoms with E-state index in [0.717, 1.165) is 4.90 Å². The number of benzene rings is 2. The number of hydrogen-bond donors (Lipinski definition) is 2. The Labute approximate surface area is 193 Å². The number of nitrogens with one attached hydrogen (secondary N) is 2. The molecule has 0 spiro atoms. The Morgan fingerprint density at radius 3 is 2.42 bits per heavy atom. The van der Waals surface area contributed by atoms with Crippen LogP contribution in [-0.4, -0.2) is 29.8 Å². The predicted molar refractivity (Wildman–Crippen MR) is 127 cm³/mol. The summed E-state index contributed by atoms with van der Waals surface area (Å²) in [5.41, 5.74) is 2.14. The summed E-state index contributed by atoms with van der Waals surface area (Å²) < 4.78 is 16.9. The molecule has 0 unspecified atom stereocenters. The quantitative estimate of drug-likeness (QED) is 0.385. The first kappa shape index (κ1) is 22.3. The van der Waals surface area contributed by atoms with Crippen molar-refractivity contribution in [2.75, 3.05) is 24.9 Å². The lowest BCUT2D eigenvalue weighted by molar-refractivity contribution is 0.262. The molecule has 0 saturated heterocycles. The molecular weight excluding hydrogens is 444 g/mol. The smallest absolute Gasteiger partial charge is 0.323 e. The number of rotatable bonds is 7. The molecule has 0 aliphatic carbocycles. The lowest BCUT2D eigenvalue weighted by Gasteiger charge is -2.11. The first-order valence-corrected chi connectivity index (χ1v) is 11.0. The number of fused-ring (bicyclic) bond motifs is 1. The lowest BCUT2D eigenvalue weighted by atomic mass is 10.2. The van der Waals surface area contributed by atoms with Gasteiger partial charge in [-0.2, -0.15) is 0 Å². The van der Waals surface area contributed by atoms with Crippen molar-refractivity contribution in [2.45, 2.75) is 17.6 Å². The summed E-state index contributed by atoms with van der Waals surface area (Å²) in [5.74, 6) is 2.26. The molecule has 4 rings (SSSR count). The maximum atomic E-state index is 12.3. The van der Waals surface area contributed by atoms with Crippen LogP contribution in [0.3, 0.4) is 0 Å². The summed E-state index contributed by atoms with van der Waals surface area (Å²) in [6.07, 6.45) is 0. The van der Waals surface area contributed by atoms with Crippen molar-refractivity contribution in [3.8, 4) is 11.5 Å². The van der Waals surface area contributed by atoms with Crippen LogP contribution in [0.1, 0.15) is 11.5 Å². The van der Waals surface area contributed by atoms with Gasteiger partial charge in [0.05, 0.1) is 19.9 Å². The van der Waals surface area contributed by atoms with Crippen LogP contribution in [0.5, 0.6) is 11.5 Å². The van der Waals surface area contributed by atoms with Crippen molar-refractivity contribution >= 4 is 34.8 Å². The zero-order chi connectivity index (χ0) is 23.4. The first-order chi connectivity index (χ1) is 15.9. The summed E-state index contributed by atoms with van der Waals surface area (Å²) in [4.78, 5) is 29.9. The van der Waals surface area contributed by atoms with E-state index in [4.69, 9.17) is 14.0 Å². The van der Waals surface area contributed by atoms with Crippen LogP contribution in [0.25, 0.3) is 5.65 Å². The van der Waals surface area contributed by atoms with E-state index >= 15 is 0 Å². The molecule has 0 aliphatic rings. The molecule has 2 amide bonds. The molecule has 2 N–H and O–H groups in total. The molecule has 0 radical (unpaired) electrons. The Kier molecular flexibility index (Phi) is 6.55. The number of nitrogens with zero attached hydrogens (tertiary/aromatic N) is 2. The van der Waals surface area contributed by atoms with Crippen molar-refractivity contribution in [3.63, 3.8) is 0 Å². The van der Waals surface area contributed by atoms with Gasteiger partial charge in [0.25, 0.3) is 5.56 Å². The van der Waals surface area contributed by atoms with Crippen LogP contribution in [0, 0.1) is 6.92 Å². The highest BCUT2D eigenvalue weighted by atomic mass is 32.2. The normalized spacial score (nSPS) is 10.8.